The van der Waals surface area contributed by atoms with Crippen LogP contribution < -0.4 is 15.5 Å². The predicted molar refractivity (Wildman–Crippen MR) is 144 cm³/mol. The Hall–Kier alpha value is -3.68. The number of nitrogens with one attached hydrogen (secondary N) is 2. The van der Waals surface area contributed by atoms with Gasteiger partial charge in [-0.2, -0.15) is 0 Å². The van der Waals surface area contributed by atoms with Crippen molar-refractivity contribution in [3.63, 3.8) is 0 Å². The van der Waals surface area contributed by atoms with Gasteiger partial charge in [-0.3, -0.25) is 10.7 Å². The van der Waals surface area contributed by atoms with E-state index in [-0.39, 0.29) is 12.3 Å². The first-order chi connectivity index (χ1) is 18.0. The van der Waals surface area contributed by atoms with Gasteiger partial charge in [0, 0.05) is 29.1 Å². The fourth-order valence-corrected chi connectivity index (χ4v) is 5.15. The minimum Gasteiger partial charge on any atom is -0.494 e. The third kappa shape index (κ3) is 4.61. The van der Waals surface area contributed by atoms with Crippen LogP contribution in [0.15, 0.2) is 47.6 Å². The number of fused-ring (bicyclic) bond motifs is 1. The van der Waals surface area contributed by atoms with Gasteiger partial charge in [0.2, 0.25) is 5.90 Å². The van der Waals surface area contributed by atoms with Crippen molar-refractivity contribution < 1.29 is 19.0 Å². The largest absolute Gasteiger partial charge is 0.494 e. The maximum Gasteiger partial charge on any atom is 0.411 e. The molecule has 2 aromatic carbocycles. The molecule has 3 aromatic rings. The van der Waals surface area contributed by atoms with Gasteiger partial charge in [0.1, 0.15) is 5.75 Å². The average molecular weight is 503 g/mol. The Morgan fingerprint density at radius 3 is 2.59 bits per heavy atom. The Morgan fingerprint density at radius 2 is 1.95 bits per heavy atom. The van der Waals surface area contributed by atoms with Gasteiger partial charge < -0.3 is 18.8 Å². The van der Waals surface area contributed by atoms with Crippen molar-refractivity contribution in [2.45, 2.75) is 71.2 Å². The van der Waals surface area contributed by atoms with E-state index in [1.807, 2.05) is 51.1 Å². The standard InChI is InChI=1S/C29H34N4O4/c1-4-35-22-14-15-23-24(16-22)33(21-6-5-7-21)26(25(23)28-32-31-27(37-28)19-8-9-19)18-10-12-20(13-11-18)30-29(34)36-17(2)3/h10-17,19,21,27,31H,4-9H2,1-3H3,(H,30,34). The summed E-state index contributed by atoms with van der Waals surface area (Å²) < 4.78 is 20.0. The Bertz CT molecular complexity index is 1340. The smallest absolute Gasteiger partial charge is 0.411 e. The Labute approximate surface area is 217 Å². The highest BCUT2D eigenvalue weighted by atomic mass is 16.6. The summed E-state index contributed by atoms with van der Waals surface area (Å²) in [6.07, 6.45) is 5.12. The summed E-state index contributed by atoms with van der Waals surface area (Å²) >= 11 is 0. The Balaban J connectivity index is 1.45. The third-order valence-electron chi connectivity index (χ3n) is 7.27. The lowest BCUT2D eigenvalue weighted by Gasteiger charge is -2.30. The maximum absolute atomic E-state index is 12.1. The first kappa shape index (κ1) is 23.7. The molecule has 0 radical (unpaired) electrons. The second-order valence-electron chi connectivity index (χ2n) is 10.4. The molecule has 2 fully saturated rings. The number of anilines is 1. The van der Waals surface area contributed by atoms with E-state index in [1.54, 1.807) is 0 Å². The minimum atomic E-state index is -0.457. The molecule has 1 aliphatic heterocycles. The van der Waals surface area contributed by atoms with E-state index in [1.165, 1.54) is 19.3 Å². The summed E-state index contributed by atoms with van der Waals surface area (Å²) in [6.45, 7) is 6.28. The van der Waals surface area contributed by atoms with Crippen molar-refractivity contribution in [2.24, 2.45) is 11.0 Å². The van der Waals surface area contributed by atoms with Crippen LogP contribution in [0.5, 0.6) is 5.75 Å². The number of rotatable bonds is 8. The van der Waals surface area contributed by atoms with Crippen molar-refractivity contribution in [3.05, 3.63) is 48.0 Å². The number of benzene rings is 2. The van der Waals surface area contributed by atoms with Gasteiger partial charge in [-0.05, 0) is 82.7 Å². The Kier molecular flexibility index (Phi) is 6.18. The van der Waals surface area contributed by atoms with Gasteiger partial charge >= 0.3 is 6.09 Å². The molecule has 194 valence electrons. The molecule has 1 atom stereocenters. The molecule has 0 bridgehead atoms. The molecular formula is C29H34N4O4. The van der Waals surface area contributed by atoms with E-state index in [0.717, 1.165) is 46.3 Å². The second-order valence-corrected chi connectivity index (χ2v) is 10.4. The van der Waals surface area contributed by atoms with E-state index in [0.29, 0.717) is 30.2 Å². The van der Waals surface area contributed by atoms with E-state index in [4.69, 9.17) is 14.2 Å². The molecule has 0 spiro atoms. The SMILES string of the molecule is CCOc1ccc2c(C3=NNC(C4CC4)O3)c(-c3ccc(NC(=O)OC(C)C)cc3)n(C3CCC3)c2c1. The molecular weight excluding hydrogens is 468 g/mol. The normalized spacial score (nSPS) is 19.2. The van der Waals surface area contributed by atoms with E-state index >= 15 is 0 Å². The first-order valence-electron chi connectivity index (χ1n) is 13.4. The van der Waals surface area contributed by atoms with Crippen molar-refractivity contribution in [2.75, 3.05) is 11.9 Å². The molecule has 6 rings (SSSR count). The maximum atomic E-state index is 12.1. The van der Waals surface area contributed by atoms with E-state index < -0.39 is 6.09 Å². The van der Waals surface area contributed by atoms with Crippen LogP contribution in [0.2, 0.25) is 0 Å². The lowest BCUT2D eigenvalue weighted by Crippen LogP contribution is -2.24. The number of carbonyl (C=O) groups excluding carboxylic acids is 1. The lowest BCUT2D eigenvalue weighted by atomic mass is 9.92. The van der Waals surface area contributed by atoms with E-state index in [9.17, 15) is 4.79 Å². The van der Waals surface area contributed by atoms with Gasteiger partial charge in [-0.1, -0.05) is 12.1 Å². The van der Waals surface area contributed by atoms with Gasteiger partial charge in [-0.25, -0.2) is 4.79 Å². The van der Waals surface area contributed by atoms with Gasteiger partial charge in [0.25, 0.3) is 0 Å². The molecule has 1 amide bonds. The summed E-state index contributed by atoms with van der Waals surface area (Å²) in [6, 6.07) is 14.6. The molecule has 1 aromatic heterocycles. The topological polar surface area (TPSA) is 86.1 Å². The number of amides is 1. The number of aromatic nitrogens is 1. The fraction of sp³-hybridized carbons (Fsp3) is 0.448. The molecule has 2 heterocycles. The number of ether oxygens (including phenoxy) is 3. The summed E-state index contributed by atoms with van der Waals surface area (Å²) in [5.41, 5.74) is 8.17. The average Bonchev–Trinajstić information content (AvgIpc) is 3.49. The quantitative estimate of drug-likeness (QED) is 0.372. The Morgan fingerprint density at radius 1 is 1.16 bits per heavy atom. The molecule has 2 aliphatic carbocycles. The zero-order chi connectivity index (χ0) is 25.5. The number of nitrogens with zero attached hydrogens (tertiary/aromatic N) is 2. The van der Waals surface area contributed by atoms with Crippen LogP contribution in [0.1, 0.15) is 64.5 Å². The van der Waals surface area contributed by atoms with Crippen LogP contribution in [-0.4, -0.2) is 35.5 Å². The number of hydrogen-bond acceptors (Lipinski definition) is 6. The van der Waals surface area contributed by atoms with Crippen molar-refractivity contribution in [3.8, 4) is 17.0 Å². The first-order valence-corrected chi connectivity index (χ1v) is 13.4. The highest BCUT2D eigenvalue weighted by Gasteiger charge is 2.39. The lowest BCUT2D eigenvalue weighted by molar-refractivity contribution is 0.130. The molecule has 0 saturated heterocycles. The van der Waals surface area contributed by atoms with Crippen LogP contribution in [0.3, 0.4) is 0 Å². The molecule has 8 heteroatoms. The van der Waals surface area contributed by atoms with Crippen LogP contribution in [0.4, 0.5) is 10.5 Å². The number of hydrogen-bond donors (Lipinski definition) is 2. The molecule has 3 aliphatic rings. The van der Waals surface area contributed by atoms with Crippen LogP contribution >= 0.6 is 0 Å². The van der Waals surface area contributed by atoms with E-state index in [2.05, 4.69) is 32.5 Å². The highest BCUT2D eigenvalue weighted by molar-refractivity contribution is 6.13. The van der Waals surface area contributed by atoms with Crippen molar-refractivity contribution in [1.82, 2.24) is 9.99 Å². The number of carbonyl (C=O) groups is 1. The monoisotopic (exact) mass is 502 g/mol. The van der Waals surface area contributed by atoms with Crippen LogP contribution in [-0.2, 0) is 9.47 Å². The van der Waals surface area contributed by atoms with Crippen LogP contribution in [0, 0.1) is 5.92 Å². The molecule has 1 unspecified atom stereocenters. The van der Waals surface area contributed by atoms with Crippen LogP contribution in [0.25, 0.3) is 22.2 Å². The second kappa shape index (κ2) is 9.65. The van der Waals surface area contributed by atoms with Gasteiger partial charge in [0.15, 0.2) is 6.23 Å². The van der Waals surface area contributed by atoms with Crippen molar-refractivity contribution >= 4 is 28.6 Å². The van der Waals surface area contributed by atoms with Crippen molar-refractivity contribution in [1.29, 1.82) is 0 Å². The zero-order valence-electron chi connectivity index (χ0n) is 21.6. The molecule has 37 heavy (non-hydrogen) atoms. The molecule has 8 nitrogen and oxygen atoms in total. The summed E-state index contributed by atoms with van der Waals surface area (Å²) in [7, 11) is 0. The molecule has 2 N–H and O–H groups in total. The minimum absolute atomic E-state index is 0.0637. The van der Waals surface area contributed by atoms with Gasteiger partial charge in [0.05, 0.1) is 29.5 Å². The fourth-order valence-electron chi connectivity index (χ4n) is 5.15. The molecule has 2 saturated carbocycles. The highest BCUT2D eigenvalue weighted by Crippen LogP contribution is 2.45. The number of hydrazone groups is 1. The summed E-state index contributed by atoms with van der Waals surface area (Å²) in [4.78, 5) is 12.1. The predicted octanol–water partition coefficient (Wildman–Crippen LogP) is 6.41. The summed E-state index contributed by atoms with van der Waals surface area (Å²) in [5.74, 6) is 2.02. The van der Waals surface area contributed by atoms with Gasteiger partial charge in [-0.15, -0.1) is 5.10 Å². The summed E-state index contributed by atoms with van der Waals surface area (Å²) in [5, 5.41) is 8.58. The zero-order valence-corrected chi connectivity index (χ0v) is 21.6. The third-order valence-corrected chi connectivity index (χ3v) is 7.27.